The molecule has 3 heterocycles. The number of imidazole rings is 1. The molecule has 0 amide bonds. The molecule has 0 N–H and O–H groups in total. The summed E-state index contributed by atoms with van der Waals surface area (Å²) in [6.07, 6.45) is 6.69. The van der Waals surface area contributed by atoms with E-state index in [2.05, 4.69) is 108 Å². The first-order valence-electron chi connectivity index (χ1n) is 16.9. The van der Waals surface area contributed by atoms with Crippen molar-refractivity contribution in [1.29, 1.82) is 0 Å². The number of aryl methyl sites for hydroxylation is 2. The number of hydrogen-bond acceptors (Lipinski definition) is 3. The Morgan fingerprint density at radius 2 is 1.60 bits per heavy atom. The van der Waals surface area contributed by atoms with Crippen LogP contribution in [0.2, 0.25) is 0 Å². The van der Waals surface area contributed by atoms with Gasteiger partial charge in [-0.1, -0.05) is 115 Å². The molecule has 1 radical (unpaired) electrons. The molecule has 0 atom stereocenters. The largest absolute Gasteiger partial charge is 0.557 e. The first kappa shape index (κ1) is 28.2. The van der Waals surface area contributed by atoms with Crippen molar-refractivity contribution >= 4 is 22.0 Å². The van der Waals surface area contributed by atoms with Crippen molar-refractivity contribution in [1.82, 2.24) is 14.5 Å². The first-order valence-corrected chi connectivity index (χ1v) is 15.4. The van der Waals surface area contributed by atoms with Gasteiger partial charge in [0.25, 0.3) is 0 Å². The molecule has 0 aliphatic carbocycles. The molecule has 0 aliphatic rings. The molecule has 0 aliphatic heterocycles. The monoisotopic (exact) mass is 791 g/mol. The van der Waals surface area contributed by atoms with Crippen LogP contribution < -0.4 is 0 Å². The van der Waals surface area contributed by atoms with Crippen LogP contribution in [-0.4, -0.2) is 14.5 Å². The van der Waals surface area contributed by atoms with E-state index in [1.807, 2.05) is 36.4 Å². The number of hydrogen-bond donors (Lipinski definition) is 0. The Hall–Kier alpha value is -5.09. The van der Waals surface area contributed by atoms with Crippen LogP contribution in [0, 0.1) is 19.2 Å². The Bertz CT molecular complexity index is 2310. The molecule has 0 bridgehead atoms. The molecule has 5 heteroatoms. The maximum atomic E-state index is 7.23. The molecule has 8 aromatic rings. The van der Waals surface area contributed by atoms with E-state index in [4.69, 9.17) is 13.5 Å². The SMILES string of the molecule is CCCc1ccc2o[c-]c(-c3nc4ccccc4n3-c3ccc(-c4ccccc4)cc3)c2c1.[2H]C([2H])([2H])c1ccc(-c2[c-]cccc2)nc1.[Ir]. The van der Waals surface area contributed by atoms with Crippen LogP contribution in [-0.2, 0) is 26.5 Å². The summed E-state index contributed by atoms with van der Waals surface area (Å²) in [7, 11) is 0. The maximum absolute atomic E-state index is 7.23. The van der Waals surface area contributed by atoms with Gasteiger partial charge >= 0.3 is 0 Å². The van der Waals surface area contributed by atoms with Crippen LogP contribution in [0.15, 0.2) is 144 Å². The zero-order chi connectivity index (χ0) is 33.8. The summed E-state index contributed by atoms with van der Waals surface area (Å²) in [6.45, 7) is 0.108. The minimum Gasteiger partial charge on any atom is -0.557 e. The van der Waals surface area contributed by atoms with Crippen molar-refractivity contribution in [3.63, 3.8) is 0 Å². The summed E-state index contributed by atoms with van der Waals surface area (Å²) in [5, 5.41) is 1.05. The number of nitrogens with zero attached hydrogens (tertiary/aromatic N) is 3. The van der Waals surface area contributed by atoms with Crippen LogP contribution in [0.1, 0.15) is 28.6 Å². The number of pyridine rings is 1. The smallest absolute Gasteiger partial charge is 0.0774 e. The van der Waals surface area contributed by atoms with E-state index in [1.54, 1.807) is 18.2 Å². The Morgan fingerprint density at radius 1 is 0.809 bits per heavy atom. The van der Waals surface area contributed by atoms with Crippen LogP contribution >= 0.6 is 0 Å². The molecule has 5 aromatic carbocycles. The van der Waals surface area contributed by atoms with Crippen molar-refractivity contribution in [3.05, 3.63) is 163 Å². The number of furan rings is 1. The second-order valence-electron chi connectivity index (χ2n) is 11.0. The van der Waals surface area contributed by atoms with Crippen molar-refractivity contribution in [2.45, 2.75) is 26.6 Å². The van der Waals surface area contributed by atoms with E-state index in [-0.39, 0.29) is 25.7 Å². The van der Waals surface area contributed by atoms with Crippen molar-refractivity contribution in [2.24, 2.45) is 0 Å². The molecule has 0 fully saturated rings. The molecule has 47 heavy (non-hydrogen) atoms. The van der Waals surface area contributed by atoms with Gasteiger partial charge in [-0.15, -0.1) is 35.9 Å². The van der Waals surface area contributed by atoms with Gasteiger partial charge in [-0.2, -0.15) is 0 Å². The van der Waals surface area contributed by atoms with Crippen molar-refractivity contribution < 1.29 is 28.6 Å². The second kappa shape index (κ2) is 14.6. The summed E-state index contributed by atoms with van der Waals surface area (Å²) >= 11 is 0. The van der Waals surface area contributed by atoms with Crippen LogP contribution in [0.4, 0.5) is 0 Å². The molecule has 4 nitrogen and oxygen atoms in total. The third kappa shape index (κ3) is 6.88. The average Bonchev–Trinajstić information content (AvgIpc) is 3.74. The maximum Gasteiger partial charge on any atom is 0.0774 e. The summed E-state index contributed by atoms with van der Waals surface area (Å²) in [6, 6.07) is 47.5. The molecular formula is C42H33IrN3O-2. The van der Waals surface area contributed by atoms with E-state index >= 15 is 0 Å². The van der Waals surface area contributed by atoms with E-state index in [9.17, 15) is 0 Å². The summed E-state index contributed by atoms with van der Waals surface area (Å²) in [5.74, 6) is 0.844. The normalized spacial score (nSPS) is 12.0. The number of benzene rings is 5. The zero-order valence-corrected chi connectivity index (χ0v) is 28.2. The molecule has 233 valence electrons. The van der Waals surface area contributed by atoms with Gasteiger partial charge in [-0.05, 0) is 59.9 Å². The molecule has 8 rings (SSSR count). The molecular weight excluding hydrogens is 755 g/mol. The minimum absolute atomic E-state index is 0. The van der Waals surface area contributed by atoms with Gasteiger partial charge < -0.3 is 14.0 Å². The zero-order valence-electron chi connectivity index (χ0n) is 28.8. The van der Waals surface area contributed by atoms with Gasteiger partial charge in [0.15, 0.2) is 0 Å². The fourth-order valence-corrected chi connectivity index (χ4v) is 5.63. The van der Waals surface area contributed by atoms with Crippen molar-refractivity contribution in [3.8, 4) is 39.5 Å². The number of rotatable bonds is 6. The summed E-state index contributed by atoms with van der Waals surface area (Å²) in [5.41, 5.74) is 10.4. The number of para-hydroxylation sites is 2. The quantitative estimate of drug-likeness (QED) is 0.158. The predicted octanol–water partition coefficient (Wildman–Crippen LogP) is 10.7. The van der Waals surface area contributed by atoms with Gasteiger partial charge in [-0.25, -0.2) is 0 Å². The standard InChI is InChI=1S/C30H23N2O.C12H10N.Ir/c1-2-8-21-13-18-29-25(19-21)26(20-33-29)30-31-27-11-6-7-12-28(27)32(30)24-16-14-23(15-17-24)22-9-4-3-5-10-22;1-10-7-8-12(13-9-10)11-5-3-2-4-6-11;/h3-7,9-19H,2,8H2,1H3;2-5,7-9H,1H3;/q2*-1;/i;1D3;. The molecule has 0 unspecified atom stereocenters. The van der Waals surface area contributed by atoms with Gasteiger partial charge in [0.2, 0.25) is 0 Å². The summed E-state index contributed by atoms with van der Waals surface area (Å²) in [4.78, 5) is 9.13. The molecule has 3 aromatic heterocycles. The average molecular weight is 791 g/mol. The summed E-state index contributed by atoms with van der Waals surface area (Å²) < 4.78 is 29.7. The van der Waals surface area contributed by atoms with Gasteiger partial charge in [0, 0.05) is 47.9 Å². The Labute approximate surface area is 293 Å². The van der Waals surface area contributed by atoms with Gasteiger partial charge in [0.05, 0.1) is 16.9 Å². The third-order valence-electron chi connectivity index (χ3n) is 7.88. The number of fused-ring (bicyclic) bond motifs is 2. The Morgan fingerprint density at radius 3 is 2.34 bits per heavy atom. The first-order chi connectivity index (χ1) is 23.9. The van der Waals surface area contributed by atoms with Crippen molar-refractivity contribution in [2.75, 3.05) is 0 Å². The Kier molecular flexibility index (Phi) is 8.72. The fraction of sp³-hybridized carbons (Fsp3) is 0.0952. The van der Waals surface area contributed by atoms with Gasteiger partial charge in [-0.3, -0.25) is 4.98 Å². The second-order valence-corrected chi connectivity index (χ2v) is 11.0. The van der Waals surface area contributed by atoms with E-state index in [1.165, 1.54) is 22.9 Å². The fourth-order valence-electron chi connectivity index (χ4n) is 5.63. The number of aromatic nitrogens is 3. The topological polar surface area (TPSA) is 43.9 Å². The van der Waals surface area contributed by atoms with E-state index < -0.39 is 6.85 Å². The van der Waals surface area contributed by atoms with Crippen LogP contribution in [0.5, 0.6) is 0 Å². The molecule has 0 saturated heterocycles. The Balaban J connectivity index is 0.000000215. The molecule has 0 spiro atoms. The van der Waals surface area contributed by atoms with Crippen LogP contribution in [0.3, 0.4) is 0 Å². The van der Waals surface area contributed by atoms with E-state index in [0.717, 1.165) is 63.2 Å². The van der Waals surface area contributed by atoms with E-state index in [0.29, 0.717) is 0 Å². The predicted molar refractivity (Wildman–Crippen MR) is 188 cm³/mol. The van der Waals surface area contributed by atoms with Gasteiger partial charge in [0.1, 0.15) is 0 Å². The third-order valence-corrected chi connectivity index (χ3v) is 7.88. The molecule has 0 saturated carbocycles. The van der Waals surface area contributed by atoms with Crippen LogP contribution in [0.25, 0.3) is 61.5 Å². The minimum atomic E-state index is -2.09.